The zero-order chi connectivity index (χ0) is 14.8. The van der Waals surface area contributed by atoms with Crippen LogP contribution in [0.2, 0.25) is 0 Å². The molecule has 0 saturated carbocycles. The number of nitrogen functional groups attached to an aromatic ring is 1. The fourth-order valence-corrected chi connectivity index (χ4v) is 2.80. The minimum atomic E-state index is -0.422. The highest BCUT2D eigenvalue weighted by Gasteiger charge is 2.09. The molecule has 0 amide bonds. The summed E-state index contributed by atoms with van der Waals surface area (Å²) >= 11 is 3.54. The molecule has 3 rings (SSSR count). The second-order valence-corrected chi connectivity index (χ2v) is 5.50. The average molecular weight is 346 g/mol. The van der Waals surface area contributed by atoms with Crippen LogP contribution < -0.4 is 10.5 Å². The van der Waals surface area contributed by atoms with E-state index in [1.54, 1.807) is 12.1 Å². The number of benzene rings is 3. The molecular weight excluding hydrogens is 333 g/mol. The van der Waals surface area contributed by atoms with Gasteiger partial charge in [-0.1, -0.05) is 42.5 Å². The van der Waals surface area contributed by atoms with Gasteiger partial charge in [-0.05, 0) is 38.8 Å². The molecule has 0 heterocycles. The number of rotatable bonds is 3. The first-order valence-electron chi connectivity index (χ1n) is 6.50. The number of nitrogens with two attached hydrogens (primary N) is 1. The first-order chi connectivity index (χ1) is 10.2. The van der Waals surface area contributed by atoms with Gasteiger partial charge in [-0.2, -0.15) is 0 Å². The van der Waals surface area contributed by atoms with Gasteiger partial charge in [0, 0.05) is 5.56 Å². The van der Waals surface area contributed by atoms with Crippen LogP contribution in [-0.4, -0.2) is 0 Å². The molecule has 0 spiro atoms. The van der Waals surface area contributed by atoms with E-state index in [1.165, 1.54) is 6.07 Å². The van der Waals surface area contributed by atoms with Crippen molar-refractivity contribution in [2.24, 2.45) is 0 Å². The molecule has 3 aromatic rings. The third-order valence-electron chi connectivity index (χ3n) is 3.32. The highest BCUT2D eigenvalue weighted by atomic mass is 79.9. The fraction of sp³-hybridized carbons (Fsp3) is 0.0588. The van der Waals surface area contributed by atoms with Crippen molar-refractivity contribution in [3.8, 4) is 5.75 Å². The second-order valence-electron chi connectivity index (χ2n) is 4.71. The molecule has 2 nitrogen and oxygen atoms in total. The molecule has 0 fully saturated rings. The Kier molecular flexibility index (Phi) is 3.80. The summed E-state index contributed by atoms with van der Waals surface area (Å²) in [7, 11) is 0. The molecule has 0 bridgehead atoms. The van der Waals surface area contributed by atoms with Crippen molar-refractivity contribution in [3.63, 3.8) is 0 Å². The predicted molar refractivity (Wildman–Crippen MR) is 86.8 cm³/mol. The Morgan fingerprint density at radius 1 is 1.00 bits per heavy atom. The van der Waals surface area contributed by atoms with Gasteiger partial charge in [0.05, 0.1) is 10.2 Å². The Balaban J connectivity index is 1.89. The average Bonchev–Trinajstić information content (AvgIpc) is 2.51. The van der Waals surface area contributed by atoms with Crippen LogP contribution in [-0.2, 0) is 6.61 Å². The van der Waals surface area contributed by atoms with E-state index in [0.717, 1.165) is 15.2 Å². The number of anilines is 1. The lowest BCUT2D eigenvalue weighted by Crippen LogP contribution is -2.01. The summed E-state index contributed by atoms with van der Waals surface area (Å²) in [6.07, 6.45) is 0. The lowest BCUT2D eigenvalue weighted by molar-refractivity contribution is 0.298. The van der Waals surface area contributed by atoms with Crippen LogP contribution in [0.4, 0.5) is 10.1 Å². The maximum absolute atomic E-state index is 13.8. The van der Waals surface area contributed by atoms with Crippen molar-refractivity contribution < 1.29 is 9.13 Å². The molecule has 0 aliphatic rings. The lowest BCUT2D eigenvalue weighted by Gasteiger charge is -2.11. The van der Waals surface area contributed by atoms with E-state index >= 15 is 0 Å². The summed E-state index contributed by atoms with van der Waals surface area (Å²) in [5, 5.41) is 2.18. The topological polar surface area (TPSA) is 35.2 Å². The van der Waals surface area contributed by atoms with Gasteiger partial charge in [-0.15, -0.1) is 0 Å². The smallest absolute Gasteiger partial charge is 0.152 e. The van der Waals surface area contributed by atoms with Crippen molar-refractivity contribution in [2.75, 3.05) is 5.73 Å². The quantitative estimate of drug-likeness (QED) is 0.685. The standard InChI is InChI=1S/C17H13BrFNO/c18-16-13-6-2-1-4-11(13)8-9-15(16)21-10-12-5-3-7-14(20)17(12)19/h1-9H,10,20H2. The zero-order valence-corrected chi connectivity index (χ0v) is 12.7. The van der Waals surface area contributed by atoms with Gasteiger partial charge in [0.15, 0.2) is 5.82 Å². The normalized spacial score (nSPS) is 10.8. The van der Waals surface area contributed by atoms with E-state index in [4.69, 9.17) is 10.5 Å². The highest BCUT2D eigenvalue weighted by Crippen LogP contribution is 2.33. The monoisotopic (exact) mass is 345 g/mol. The van der Waals surface area contributed by atoms with E-state index in [2.05, 4.69) is 15.9 Å². The van der Waals surface area contributed by atoms with Gasteiger partial charge in [-0.3, -0.25) is 0 Å². The first-order valence-corrected chi connectivity index (χ1v) is 7.29. The fourth-order valence-electron chi connectivity index (χ4n) is 2.19. The van der Waals surface area contributed by atoms with Gasteiger partial charge in [0.2, 0.25) is 0 Å². The van der Waals surface area contributed by atoms with Crippen LogP contribution in [0.5, 0.6) is 5.75 Å². The van der Waals surface area contributed by atoms with Gasteiger partial charge < -0.3 is 10.5 Å². The Morgan fingerprint density at radius 3 is 2.67 bits per heavy atom. The van der Waals surface area contributed by atoms with Crippen LogP contribution in [0, 0.1) is 5.82 Å². The zero-order valence-electron chi connectivity index (χ0n) is 11.1. The number of hydrogen-bond donors (Lipinski definition) is 1. The number of hydrogen-bond acceptors (Lipinski definition) is 2. The Hall–Kier alpha value is -2.07. The molecule has 0 unspecified atom stereocenters. The molecule has 0 aliphatic carbocycles. The van der Waals surface area contributed by atoms with E-state index in [1.807, 2.05) is 36.4 Å². The van der Waals surface area contributed by atoms with E-state index in [0.29, 0.717) is 11.3 Å². The van der Waals surface area contributed by atoms with Gasteiger partial charge in [0.25, 0.3) is 0 Å². The molecular formula is C17H13BrFNO. The highest BCUT2D eigenvalue weighted by molar-refractivity contribution is 9.10. The molecule has 0 saturated heterocycles. The molecule has 0 aliphatic heterocycles. The first kappa shape index (κ1) is 13.9. The van der Waals surface area contributed by atoms with Crippen molar-refractivity contribution >= 4 is 32.4 Å². The Morgan fingerprint density at radius 2 is 1.81 bits per heavy atom. The summed E-state index contributed by atoms with van der Waals surface area (Å²) in [4.78, 5) is 0. The van der Waals surface area contributed by atoms with Crippen molar-refractivity contribution in [3.05, 3.63) is 70.5 Å². The number of halogens is 2. The third-order valence-corrected chi connectivity index (χ3v) is 4.14. The lowest BCUT2D eigenvalue weighted by atomic mass is 10.1. The molecule has 0 atom stereocenters. The van der Waals surface area contributed by atoms with E-state index in [9.17, 15) is 4.39 Å². The van der Waals surface area contributed by atoms with Crippen molar-refractivity contribution in [1.82, 2.24) is 0 Å². The maximum Gasteiger partial charge on any atom is 0.152 e. The summed E-state index contributed by atoms with van der Waals surface area (Å²) in [5.41, 5.74) is 6.13. The minimum absolute atomic E-state index is 0.133. The summed E-state index contributed by atoms with van der Waals surface area (Å²) in [6.45, 7) is 0.133. The van der Waals surface area contributed by atoms with Crippen LogP contribution in [0.3, 0.4) is 0 Å². The second kappa shape index (κ2) is 5.74. The van der Waals surface area contributed by atoms with E-state index in [-0.39, 0.29) is 12.3 Å². The Labute approximate surface area is 130 Å². The Bertz CT molecular complexity index is 804. The number of fused-ring (bicyclic) bond motifs is 1. The minimum Gasteiger partial charge on any atom is -0.488 e. The van der Waals surface area contributed by atoms with Crippen molar-refractivity contribution in [1.29, 1.82) is 0 Å². The number of ether oxygens (including phenoxy) is 1. The summed E-state index contributed by atoms with van der Waals surface area (Å²) in [6, 6.07) is 16.8. The molecule has 106 valence electrons. The summed E-state index contributed by atoms with van der Waals surface area (Å²) < 4.78 is 20.4. The van der Waals surface area contributed by atoms with Gasteiger partial charge in [-0.25, -0.2) is 4.39 Å². The SMILES string of the molecule is Nc1cccc(COc2ccc3ccccc3c2Br)c1F. The van der Waals surface area contributed by atoms with Crippen LogP contribution in [0.25, 0.3) is 10.8 Å². The van der Waals surface area contributed by atoms with E-state index < -0.39 is 5.82 Å². The van der Waals surface area contributed by atoms with Gasteiger partial charge >= 0.3 is 0 Å². The molecule has 21 heavy (non-hydrogen) atoms. The molecule has 0 aromatic heterocycles. The maximum atomic E-state index is 13.8. The van der Waals surface area contributed by atoms with Crippen LogP contribution in [0.1, 0.15) is 5.56 Å². The van der Waals surface area contributed by atoms with Crippen molar-refractivity contribution in [2.45, 2.75) is 6.61 Å². The third kappa shape index (κ3) is 2.72. The predicted octanol–water partition coefficient (Wildman–Crippen LogP) is 4.90. The molecule has 2 N–H and O–H groups in total. The van der Waals surface area contributed by atoms with Crippen LogP contribution in [0.15, 0.2) is 59.1 Å². The van der Waals surface area contributed by atoms with Crippen LogP contribution >= 0.6 is 15.9 Å². The molecule has 0 radical (unpaired) electrons. The largest absolute Gasteiger partial charge is 0.488 e. The molecule has 3 aromatic carbocycles. The molecule has 4 heteroatoms. The summed E-state index contributed by atoms with van der Waals surface area (Å²) in [5.74, 6) is 0.255. The van der Waals surface area contributed by atoms with Gasteiger partial charge in [0.1, 0.15) is 12.4 Å².